The number of amides is 2. The molecule has 2 amide bonds. The Morgan fingerprint density at radius 1 is 0.905 bits per heavy atom. The number of carbonyl (C=O) groups is 2. The molecular formula is C12H25N3O6. The third-order valence-corrected chi connectivity index (χ3v) is 2.63. The Kier molecular flexibility index (Phi) is 9.42. The van der Waals surface area contributed by atoms with Gasteiger partial charge in [0.15, 0.2) is 0 Å². The molecule has 0 aliphatic carbocycles. The number of rotatable bonds is 10. The fraction of sp³-hybridized carbons (Fsp3) is 0.833. The van der Waals surface area contributed by atoms with E-state index in [-0.39, 0.29) is 26.2 Å². The molecule has 0 aromatic rings. The Balaban J connectivity index is 3.96. The van der Waals surface area contributed by atoms with Crippen molar-refractivity contribution >= 4 is 12.2 Å². The van der Waals surface area contributed by atoms with Crippen LogP contribution in [0.25, 0.3) is 0 Å². The van der Waals surface area contributed by atoms with Gasteiger partial charge in [-0.05, 0) is 13.8 Å². The smallest absolute Gasteiger partial charge is 0.407 e. The van der Waals surface area contributed by atoms with Gasteiger partial charge < -0.3 is 35.5 Å². The Labute approximate surface area is 123 Å². The van der Waals surface area contributed by atoms with Crippen LogP contribution >= 0.6 is 0 Å². The largest absolute Gasteiger partial charge is 0.465 e. The maximum Gasteiger partial charge on any atom is 0.407 e. The van der Waals surface area contributed by atoms with E-state index in [0.717, 1.165) is 9.80 Å². The van der Waals surface area contributed by atoms with Crippen LogP contribution in [0.5, 0.6) is 0 Å². The fourth-order valence-electron chi connectivity index (χ4n) is 1.72. The summed E-state index contributed by atoms with van der Waals surface area (Å²) >= 11 is 0. The van der Waals surface area contributed by atoms with Crippen LogP contribution in [-0.4, -0.2) is 93.9 Å². The van der Waals surface area contributed by atoms with E-state index in [2.05, 4.69) is 5.32 Å². The van der Waals surface area contributed by atoms with Gasteiger partial charge >= 0.3 is 12.2 Å². The van der Waals surface area contributed by atoms with E-state index in [9.17, 15) is 19.8 Å². The molecule has 0 saturated heterocycles. The molecule has 21 heavy (non-hydrogen) atoms. The molecule has 9 nitrogen and oxygen atoms in total. The summed E-state index contributed by atoms with van der Waals surface area (Å²) in [5, 5.41) is 39.1. The summed E-state index contributed by atoms with van der Waals surface area (Å²) < 4.78 is 0. The zero-order valence-corrected chi connectivity index (χ0v) is 12.4. The normalized spacial score (nSPS) is 13.5. The van der Waals surface area contributed by atoms with E-state index in [1.54, 1.807) is 0 Å². The van der Waals surface area contributed by atoms with Gasteiger partial charge in [0.25, 0.3) is 0 Å². The van der Waals surface area contributed by atoms with Gasteiger partial charge in [-0.15, -0.1) is 0 Å². The average molecular weight is 307 g/mol. The van der Waals surface area contributed by atoms with Crippen LogP contribution in [0.2, 0.25) is 0 Å². The standard InChI is InChI=1S/C12H25N3O6/c1-9(16)7-14(11(18)19)5-3-13-4-6-15(12(20)21)8-10(2)17/h9-10,13,16-17H,3-8H2,1-2H3,(H,18,19)(H,20,21). The van der Waals surface area contributed by atoms with Crippen LogP contribution in [0.1, 0.15) is 13.8 Å². The molecule has 2 unspecified atom stereocenters. The lowest BCUT2D eigenvalue weighted by molar-refractivity contribution is 0.102. The number of nitrogens with zero attached hydrogens (tertiary/aromatic N) is 2. The number of aliphatic hydroxyl groups excluding tert-OH is 2. The molecule has 0 fully saturated rings. The summed E-state index contributed by atoms with van der Waals surface area (Å²) in [5.74, 6) is 0. The molecule has 5 N–H and O–H groups in total. The Morgan fingerprint density at radius 3 is 1.48 bits per heavy atom. The fourth-order valence-corrected chi connectivity index (χ4v) is 1.72. The summed E-state index contributed by atoms with van der Waals surface area (Å²) in [6.07, 6.45) is -3.71. The Hall–Kier alpha value is -1.58. The molecule has 0 saturated carbocycles. The highest BCUT2D eigenvalue weighted by molar-refractivity contribution is 5.65. The molecule has 0 aliphatic rings. The van der Waals surface area contributed by atoms with Crippen molar-refractivity contribution in [3.05, 3.63) is 0 Å². The summed E-state index contributed by atoms with van der Waals surface area (Å²) in [4.78, 5) is 24.0. The summed E-state index contributed by atoms with van der Waals surface area (Å²) in [5.41, 5.74) is 0. The molecular weight excluding hydrogens is 282 g/mol. The Morgan fingerprint density at radius 2 is 1.24 bits per heavy atom. The first-order valence-corrected chi connectivity index (χ1v) is 6.76. The molecule has 0 aromatic heterocycles. The number of carboxylic acid groups (broad SMARTS) is 2. The van der Waals surface area contributed by atoms with Crippen molar-refractivity contribution in [3.8, 4) is 0 Å². The van der Waals surface area contributed by atoms with Gasteiger partial charge in [-0.25, -0.2) is 9.59 Å². The van der Waals surface area contributed by atoms with Gasteiger partial charge in [0, 0.05) is 39.3 Å². The monoisotopic (exact) mass is 307 g/mol. The van der Waals surface area contributed by atoms with Gasteiger partial charge in [0.2, 0.25) is 0 Å². The van der Waals surface area contributed by atoms with Crippen LogP contribution in [0, 0.1) is 0 Å². The highest BCUT2D eigenvalue weighted by atomic mass is 16.4. The lowest BCUT2D eigenvalue weighted by Crippen LogP contribution is -2.43. The van der Waals surface area contributed by atoms with Crippen molar-refractivity contribution in [1.29, 1.82) is 0 Å². The molecule has 0 radical (unpaired) electrons. The predicted octanol–water partition coefficient (Wildman–Crippen LogP) is -0.702. The van der Waals surface area contributed by atoms with Crippen molar-refractivity contribution < 1.29 is 30.0 Å². The second-order valence-electron chi connectivity index (χ2n) is 4.91. The molecule has 0 bridgehead atoms. The van der Waals surface area contributed by atoms with Crippen LogP contribution in [-0.2, 0) is 0 Å². The third kappa shape index (κ3) is 9.88. The molecule has 2 atom stereocenters. The highest BCUT2D eigenvalue weighted by Crippen LogP contribution is 1.94. The van der Waals surface area contributed by atoms with Crippen molar-refractivity contribution in [2.24, 2.45) is 0 Å². The number of nitrogens with one attached hydrogen (secondary N) is 1. The SMILES string of the molecule is CC(O)CN(CCNCCN(CC(C)O)C(=O)O)C(=O)O. The van der Waals surface area contributed by atoms with E-state index in [4.69, 9.17) is 10.2 Å². The minimum absolute atomic E-state index is 0.0281. The third-order valence-electron chi connectivity index (χ3n) is 2.63. The first-order valence-electron chi connectivity index (χ1n) is 6.76. The van der Waals surface area contributed by atoms with Crippen molar-refractivity contribution in [2.75, 3.05) is 39.3 Å². The van der Waals surface area contributed by atoms with Gasteiger partial charge in [-0.3, -0.25) is 0 Å². The molecule has 0 rings (SSSR count). The lowest BCUT2D eigenvalue weighted by Gasteiger charge is -2.22. The molecule has 0 heterocycles. The predicted molar refractivity (Wildman–Crippen MR) is 75.4 cm³/mol. The number of hydrogen-bond acceptors (Lipinski definition) is 5. The quantitative estimate of drug-likeness (QED) is 0.337. The second kappa shape index (κ2) is 10.2. The van der Waals surface area contributed by atoms with Crippen LogP contribution in [0.3, 0.4) is 0 Å². The van der Waals surface area contributed by atoms with E-state index >= 15 is 0 Å². The van der Waals surface area contributed by atoms with Crippen molar-refractivity contribution in [1.82, 2.24) is 15.1 Å². The minimum atomic E-state index is -1.11. The number of aliphatic hydroxyl groups is 2. The summed E-state index contributed by atoms with van der Waals surface area (Å²) in [7, 11) is 0. The van der Waals surface area contributed by atoms with Crippen LogP contribution in [0.4, 0.5) is 9.59 Å². The van der Waals surface area contributed by atoms with Crippen LogP contribution in [0.15, 0.2) is 0 Å². The first kappa shape index (κ1) is 19.4. The molecule has 9 heteroatoms. The molecule has 124 valence electrons. The highest BCUT2D eigenvalue weighted by Gasteiger charge is 2.15. The maximum absolute atomic E-state index is 10.9. The lowest BCUT2D eigenvalue weighted by atomic mass is 10.3. The summed E-state index contributed by atoms with van der Waals surface area (Å²) in [6.45, 7) is 4.16. The minimum Gasteiger partial charge on any atom is -0.465 e. The second-order valence-corrected chi connectivity index (χ2v) is 4.91. The van der Waals surface area contributed by atoms with Crippen molar-refractivity contribution in [2.45, 2.75) is 26.1 Å². The van der Waals surface area contributed by atoms with E-state index in [1.807, 2.05) is 0 Å². The van der Waals surface area contributed by atoms with Gasteiger partial charge in [-0.1, -0.05) is 0 Å². The zero-order chi connectivity index (χ0) is 16.4. The van der Waals surface area contributed by atoms with E-state index < -0.39 is 24.4 Å². The molecule has 0 spiro atoms. The average Bonchev–Trinajstić information content (AvgIpc) is 2.34. The number of hydrogen-bond donors (Lipinski definition) is 5. The first-order chi connectivity index (χ1) is 9.73. The van der Waals surface area contributed by atoms with Gasteiger partial charge in [-0.2, -0.15) is 0 Å². The van der Waals surface area contributed by atoms with E-state index in [1.165, 1.54) is 13.8 Å². The van der Waals surface area contributed by atoms with Crippen LogP contribution < -0.4 is 5.32 Å². The summed E-state index contributed by atoms with van der Waals surface area (Å²) in [6, 6.07) is 0. The zero-order valence-electron chi connectivity index (χ0n) is 12.4. The molecule has 0 aliphatic heterocycles. The topological polar surface area (TPSA) is 134 Å². The Bertz CT molecular complexity index is 294. The van der Waals surface area contributed by atoms with E-state index in [0.29, 0.717) is 13.1 Å². The van der Waals surface area contributed by atoms with Gasteiger partial charge in [0.1, 0.15) is 0 Å². The van der Waals surface area contributed by atoms with Gasteiger partial charge in [0.05, 0.1) is 12.2 Å². The molecule has 0 aromatic carbocycles. The maximum atomic E-state index is 10.9. The van der Waals surface area contributed by atoms with Crippen molar-refractivity contribution in [3.63, 3.8) is 0 Å².